The molecular formula is C22H27NO6S. The highest BCUT2D eigenvalue weighted by atomic mass is 32.2. The maximum Gasteiger partial charge on any atom is 0.306 e. The van der Waals surface area contributed by atoms with Gasteiger partial charge in [0.15, 0.2) is 11.5 Å². The summed E-state index contributed by atoms with van der Waals surface area (Å²) in [5.74, 6) is 0.746. The Balaban J connectivity index is 1.33. The molecule has 7 nitrogen and oxygen atoms in total. The van der Waals surface area contributed by atoms with Crippen molar-refractivity contribution < 1.29 is 27.4 Å². The fourth-order valence-corrected chi connectivity index (χ4v) is 4.18. The lowest BCUT2D eigenvalue weighted by Crippen LogP contribution is -2.25. The Hall–Kier alpha value is -2.58. The van der Waals surface area contributed by atoms with Crippen LogP contribution < -0.4 is 14.2 Å². The highest BCUT2D eigenvalue weighted by molar-refractivity contribution is 7.89. The Bertz CT molecular complexity index is 973. The molecule has 1 aliphatic rings. The minimum atomic E-state index is -3.62. The van der Waals surface area contributed by atoms with Crippen molar-refractivity contribution in [1.82, 2.24) is 4.72 Å². The van der Waals surface area contributed by atoms with Gasteiger partial charge in [-0.2, -0.15) is 0 Å². The minimum absolute atomic E-state index is 0.145. The Morgan fingerprint density at radius 1 is 1.03 bits per heavy atom. The van der Waals surface area contributed by atoms with Crippen LogP contribution in [0.1, 0.15) is 36.8 Å². The van der Waals surface area contributed by atoms with Crippen LogP contribution >= 0.6 is 0 Å². The summed E-state index contributed by atoms with van der Waals surface area (Å²) in [6.45, 7) is 3.42. The van der Waals surface area contributed by atoms with E-state index in [9.17, 15) is 13.2 Å². The molecule has 0 fully saturated rings. The van der Waals surface area contributed by atoms with Gasteiger partial charge in [-0.25, -0.2) is 13.1 Å². The van der Waals surface area contributed by atoms with Crippen molar-refractivity contribution in [2.45, 2.75) is 44.1 Å². The van der Waals surface area contributed by atoms with Crippen molar-refractivity contribution in [3.8, 4) is 11.5 Å². The summed E-state index contributed by atoms with van der Waals surface area (Å²) in [7, 11) is -3.62. The number of ether oxygens (including phenoxy) is 3. The Kier molecular flexibility index (Phi) is 7.70. The molecule has 0 radical (unpaired) electrons. The molecule has 1 heterocycles. The normalized spacial score (nSPS) is 13.1. The minimum Gasteiger partial charge on any atom is -0.486 e. The fourth-order valence-electron chi connectivity index (χ4n) is 3.09. The molecule has 162 valence electrons. The first-order valence-electron chi connectivity index (χ1n) is 10.0. The number of hydrogen-bond donors (Lipinski definition) is 1. The van der Waals surface area contributed by atoms with Gasteiger partial charge in [0.25, 0.3) is 0 Å². The van der Waals surface area contributed by atoms with Crippen molar-refractivity contribution in [3.05, 3.63) is 53.6 Å². The molecule has 0 unspecified atom stereocenters. The summed E-state index contributed by atoms with van der Waals surface area (Å²) < 4.78 is 43.5. The van der Waals surface area contributed by atoms with Crippen LogP contribution in [0.4, 0.5) is 0 Å². The number of unbranched alkanes of at least 4 members (excludes halogenated alkanes) is 2. The Morgan fingerprint density at radius 2 is 1.83 bits per heavy atom. The molecule has 8 heteroatoms. The molecule has 1 aliphatic heterocycles. The molecular weight excluding hydrogens is 406 g/mol. The van der Waals surface area contributed by atoms with Gasteiger partial charge in [0.1, 0.15) is 19.8 Å². The summed E-state index contributed by atoms with van der Waals surface area (Å²) in [4.78, 5) is 12.0. The second-order valence-electron chi connectivity index (χ2n) is 7.16. The largest absolute Gasteiger partial charge is 0.486 e. The van der Waals surface area contributed by atoms with Gasteiger partial charge >= 0.3 is 5.97 Å². The maximum atomic E-state index is 12.4. The molecule has 1 N–H and O–H groups in total. The number of fused-ring (bicyclic) bond motifs is 1. The first-order valence-corrected chi connectivity index (χ1v) is 11.5. The first kappa shape index (κ1) is 22.1. The number of carbonyl (C=O) groups is 1. The van der Waals surface area contributed by atoms with Gasteiger partial charge in [-0.05, 0) is 37.5 Å². The third-order valence-electron chi connectivity index (χ3n) is 4.66. The zero-order valence-electron chi connectivity index (χ0n) is 17.1. The number of sulfonamides is 1. The van der Waals surface area contributed by atoms with Crippen molar-refractivity contribution in [2.24, 2.45) is 0 Å². The average molecular weight is 434 g/mol. The summed E-state index contributed by atoms with van der Waals surface area (Å²) in [6, 6.07) is 12.4. The molecule has 2 aromatic rings. The van der Waals surface area contributed by atoms with Crippen LogP contribution in [-0.4, -0.2) is 34.1 Å². The first-order chi connectivity index (χ1) is 14.4. The van der Waals surface area contributed by atoms with Crippen LogP contribution in [-0.2, 0) is 26.2 Å². The number of carbonyl (C=O) groups excluding carboxylic acids is 1. The average Bonchev–Trinajstić information content (AvgIpc) is 2.74. The predicted octanol–water partition coefficient (Wildman–Crippen LogP) is 3.35. The SMILES string of the molecule is Cc1cccc(COC(=O)CCCCCNS(=O)(=O)c2ccc3c(c2)OCCO3)c1. The lowest BCUT2D eigenvalue weighted by atomic mass is 10.1. The van der Waals surface area contributed by atoms with Gasteiger partial charge in [0.05, 0.1) is 4.90 Å². The summed E-state index contributed by atoms with van der Waals surface area (Å²) >= 11 is 0. The lowest BCUT2D eigenvalue weighted by molar-refractivity contribution is -0.145. The van der Waals surface area contributed by atoms with E-state index >= 15 is 0 Å². The van der Waals surface area contributed by atoms with Gasteiger partial charge < -0.3 is 14.2 Å². The predicted molar refractivity (Wildman–Crippen MR) is 112 cm³/mol. The van der Waals surface area contributed by atoms with Crippen molar-refractivity contribution >= 4 is 16.0 Å². The van der Waals surface area contributed by atoms with E-state index in [2.05, 4.69) is 4.72 Å². The van der Waals surface area contributed by atoms with E-state index in [1.165, 1.54) is 12.1 Å². The standard InChI is InChI=1S/C22H27NO6S/c1-17-6-5-7-18(14-17)16-29-22(24)8-3-2-4-11-23-30(25,26)19-9-10-20-21(15-19)28-13-12-27-20/h5-7,9-10,14-15,23H,2-4,8,11-13,16H2,1H3. The molecule has 0 saturated carbocycles. The number of benzene rings is 2. The third-order valence-corrected chi connectivity index (χ3v) is 6.11. The van der Waals surface area contributed by atoms with E-state index in [1.807, 2.05) is 31.2 Å². The zero-order chi connectivity index (χ0) is 21.4. The van der Waals surface area contributed by atoms with Crippen LogP contribution in [0.5, 0.6) is 11.5 Å². The van der Waals surface area contributed by atoms with Gasteiger partial charge in [0, 0.05) is 19.0 Å². The molecule has 0 atom stereocenters. The number of hydrogen-bond acceptors (Lipinski definition) is 6. The quantitative estimate of drug-likeness (QED) is 0.456. The Morgan fingerprint density at radius 3 is 2.63 bits per heavy atom. The fraction of sp³-hybridized carbons (Fsp3) is 0.409. The second-order valence-corrected chi connectivity index (χ2v) is 8.93. The number of aryl methyl sites for hydroxylation is 1. The van der Waals surface area contributed by atoms with E-state index in [1.54, 1.807) is 6.07 Å². The summed E-state index contributed by atoms with van der Waals surface area (Å²) in [5, 5.41) is 0. The highest BCUT2D eigenvalue weighted by Crippen LogP contribution is 2.32. The van der Waals surface area contributed by atoms with E-state index in [4.69, 9.17) is 14.2 Å². The molecule has 0 aromatic heterocycles. The van der Waals surface area contributed by atoms with Gasteiger partial charge in [-0.3, -0.25) is 4.79 Å². The molecule has 30 heavy (non-hydrogen) atoms. The number of esters is 1. The van der Waals surface area contributed by atoms with Crippen LogP contribution in [0.15, 0.2) is 47.4 Å². The highest BCUT2D eigenvalue weighted by Gasteiger charge is 2.18. The van der Waals surface area contributed by atoms with Crippen LogP contribution in [0.25, 0.3) is 0 Å². The topological polar surface area (TPSA) is 90.9 Å². The number of nitrogens with one attached hydrogen (secondary N) is 1. The van der Waals surface area contributed by atoms with E-state index in [-0.39, 0.29) is 17.5 Å². The molecule has 0 spiro atoms. The van der Waals surface area contributed by atoms with Gasteiger partial charge in [-0.15, -0.1) is 0 Å². The Labute approximate surface area is 177 Å². The summed E-state index contributed by atoms with van der Waals surface area (Å²) in [6.07, 6.45) is 2.33. The molecule has 0 amide bonds. The van der Waals surface area contributed by atoms with Crippen LogP contribution in [0.2, 0.25) is 0 Å². The summed E-state index contributed by atoms with van der Waals surface area (Å²) in [5.41, 5.74) is 2.10. The monoisotopic (exact) mass is 433 g/mol. The molecule has 0 saturated heterocycles. The lowest BCUT2D eigenvalue weighted by Gasteiger charge is -2.18. The van der Waals surface area contributed by atoms with Crippen molar-refractivity contribution in [1.29, 1.82) is 0 Å². The maximum absolute atomic E-state index is 12.4. The van der Waals surface area contributed by atoms with E-state index in [0.29, 0.717) is 50.5 Å². The van der Waals surface area contributed by atoms with Crippen LogP contribution in [0, 0.1) is 6.92 Å². The molecule has 2 aromatic carbocycles. The van der Waals surface area contributed by atoms with Gasteiger partial charge in [-0.1, -0.05) is 36.2 Å². The molecule has 3 rings (SSSR count). The van der Waals surface area contributed by atoms with E-state index in [0.717, 1.165) is 17.5 Å². The molecule has 0 bridgehead atoms. The third kappa shape index (κ3) is 6.47. The molecule has 0 aliphatic carbocycles. The van der Waals surface area contributed by atoms with Crippen molar-refractivity contribution in [3.63, 3.8) is 0 Å². The number of rotatable bonds is 10. The zero-order valence-corrected chi connectivity index (χ0v) is 17.9. The second kappa shape index (κ2) is 10.4. The smallest absolute Gasteiger partial charge is 0.306 e. The van der Waals surface area contributed by atoms with Gasteiger partial charge in [0.2, 0.25) is 10.0 Å². The van der Waals surface area contributed by atoms with Crippen LogP contribution in [0.3, 0.4) is 0 Å². The van der Waals surface area contributed by atoms with Crippen molar-refractivity contribution in [2.75, 3.05) is 19.8 Å². The van der Waals surface area contributed by atoms with E-state index < -0.39 is 10.0 Å².